The van der Waals surface area contributed by atoms with Crippen molar-refractivity contribution in [2.75, 3.05) is 4.81 Å². The summed E-state index contributed by atoms with van der Waals surface area (Å²) in [4.78, 5) is 2.65. The van der Waals surface area contributed by atoms with Crippen LogP contribution in [0.25, 0.3) is 93.6 Å². The molecule has 0 atom stereocenters. The summed E-state index contributed by atoms with van der Waals surface area (Å²) in [6.45, 7) is 25.5. The molecule has 3 aromatic heterocycles. The van der Waals surface area contributed by atoms with Crippen LogP contribution in [0, 0.1) is 0 Å². The molecule has 11 aromatic rings. The second kappa shape index (κ2) is 12.8. The lowest BCUT2D eigenvalue weighted by Gasteiger charge is -2.43. The molecule has 0 amide bonds. The summed E-state index contributed by atoms with van der Waals surface area (Å²) >= 11 is 0. The number of aromatic nitrogens is 1. The maximum Gasteiger partial charge on any atom is 0.333 e. The van der Waals surface area contributed by atoms with E-state index in [2.05, 4.69) is 219 Å². The molecule has 0 unspecified atom stereocenters. The summed E-state index contributed by atoms with van der Waals surface area (Å²) in [5.74, 6) is 0. The minimum absolute atomic E-state index is 0.00176. The first-order valence-corrected chi connectivity index (χ1v) is 24.5. The van der Waals surface area contributed by atoms with Crippen LogP contribution in [0.15, 0.2) is 142 Å². The Kier molecular flexibility index (Phi) is 7.53. The van der Waals surface area contributed by atoms with Crippen molar-refractivity contribution in [3.8, 4) is 27.9 Å². The van der Waals surface area contributed by atoms with E-state index in [4.69, 9.17) is 8.83 Å². The van der Waals surface area contributed by atoms with E-state index in [9.17, 15) is 0 Å². The van der Waals surface area contributed by atoms with Crippen molar-refractivity contribution in [2.24, 2.45) is 0 Å². The number of furan rings is 2. The highest BCUT2D eigenvalue weighted by atomic mass is 16.3. The van der Waals surface area contributed by atoms with Crippen molar-refractivity contribution >= 4 is 94.8 Å². The Morgan fingerprint density at radius 1 is 0.485 bits per heavy atom. The zero-order valence-corrected chi connectivity index (χ0v) is 41.0. The van der Waals surface area contributed by atoms with Crippen molar-refractivity contribution in [1.29, 1.82) is 0 Å². The lowest BCUT2D eigenvalue weighted by molar-refractivity contribution is 0.587. The summed E-state index contributed by atoms with van der Waals surface area (Å²) in [7, 11) is 0. The Morgan fingerprint density at radius 2 is 1.10 bits per heavy atom. The molecule has 0 N–H and O–H groups in total. The fourth-order valence-electron chi connectivity index (χ4n) is 12.7. The molecular formula is C63H55BN2O2. The average molecular weight is 883 g/mol. The summed E-state index contributed by atoms with van der Waals surface area (Å²) in [5.41, 5.74) is 23.9. The summed E-state index contributed by atoms with van der Waals surface area (Å²) in [6, 6.07) is 51.0. The van der Waals surface area contributed by atoms with Gasteiger partial charge in [0.05, 0.1) is 11.0 Å². The molecule has 8 aromatic carbocycles. The van der Waals surface area contributed by atoms with Gasteiger partial charge >= 0.3 is 6.85 Å². The molecule has 68 heavy (non-hydrogen) atoms. The van der Waals surface area contributed by atoms with Gasteiger partial charge in [-0.05, 0) is 126 Å². The van der Waals surface area contributed by atoms with Crippen molar-refractivity contribution in [2.45, 2.75) is 97.8 Å². The van der Waals surface area contributed by atoms with Crippen LogP contribution >= 0.6 is 0 Å². The van der Waals surface area contributed by atoms with Gasteiger partial charge < -0.3 is 18.2 Å². The van der Waals surface area contributed by atoms with Crippen LogP contribution in [0.3, 0.4) is 0 Å². The Balaban J connectivity index is 1.22. The van der Waals surface area contributed by atoms with Gasteiger partial charge in [-0.25, -0.2) is 0 Å². The molecule has 0 fully saturated rings. The van der Waals surface area contributed by atoms with E-state index >= 15 is 0 Å². The molecule has 5 heterocycles. The van der Waals surface area contributed by atoms with E-state index in [0.717, 1.165) is 55.3 Å². The zero-order valence-electron chi connectivity index (χ0n) is 41.0. The summed E-state index contributed by atoms with van der Waals surface area (Å²) < 4.78 is 16.5. The van der Waals surface area contributed by atoms with Crippen LogP contribution in [-0.2, 0) is 21.7 Å². The second-order valence-corrected chi connectivity index (χ2v) is 23.8. The van der Waals surface area contributed by atoms with Crippen LogP contribution < -0.4 is 15.7 Å². The number of hydrogen-bond acceptors (Lipinski definition) is 3. The number of para-hydroxylation sites is 1. The van der Waals surface area contributed by atoms with E-state index < -0.39 is 0 Å². The SMILES string of the molecule is CC(C)(C)c1ccc(N2B3c4cc5oc6ccccc6c5cc4-n4c5ccc(C(C)(C)C)cc5c5c6c(c(c3c54)-c3cc4c(cc32)oc2cc(C(C)(C)C)ccc24)C(C)(C)c2ccccc2-6)cc1. The molecule has 0 radical (unpaired) electrons. The minimum Gasteiger partial charge on any atom is -0.456 e. The van der Waals surface area contributed by atoms with E-state index in [-0.39, 0.29) is 28.5 Å². The number of nitrogens with zero attached hydrogens (tertiary/aromatic N) is 2. The molecule has 14 rings (SSSR count). The lowest BCUT2D eigenvalue weighted by atomic mass is 9.43. The number of fused-ring (bicyclic) bond motifs is 19. The second-order valence-electron chi connectivity index (χ2n) is 23.8. The molecule has 332 valence electrons. The largest absolute Gasteiger partial charge is 0.456 e. The quantitative estimate of drug-likeness (QED) is 0.154. The van der Waals surface area contributed by atoms with Gasteiger partial charge in [-0.15, -0.1) is 0 Å². The smallest absolute Gasteiger partial charge is 0.333 e. The molecule has 0 spiro atoms. The lowest BCUT2D eigenvalue weighted by Crippen LogP contribution is -2.61. The average Bonchev–Trinajstić information content (AvgIpc) is 4.02. The predicted molar refractivity (Wildman–Crippen MR) is 288 cm³/mol. The van der Waals surface area contributed by atoms with Gasteiger partial charge in [0.25, 0.3) is 0 Å². The monoisotopic (exact) mass is 882 g/mol. The zero-order chi connectivity index (χ0) is 46.7. The van der Waals surface area contributed by atoms with Crippen LogP contribution in [0.1, 0.15) is 104 Å². The minimum atomic E-state index is -0.307. The highest BCUT2D eigenvalue weighted by Gasteiger charge is 2.50. The topological polar surface area (TPSA) is 34.5 Å². The van der Waals surface area contributed by atoms with Crippen molar-refractivity contribution in [3.05, 3.63) is 161 Å². The van der Waals surface area contributed by atoms with E-state index in [1.165, 1.54) is 88.5 Å². The van der Waals surface area contributed by atoms with E-state index in [1.54, 1.807) is 0 Å². The molecule has 4 nitrogen and oxygen atoms in total. The highest BCUT2D eigenvalue weighted by molar-refractivity contribution is 6.94. The predicted octanol–water partition coefficient (Wildman–Crippen LogP) is 16.0. The third-order valence-corrected chi connectivity index (χ3v) is 16.2. The van der Waals surface area contributed by atoms with Crippen LogP contribution in [-0.4, -0.2) is 11.4 Å². The highest BCUT2D eigenvalue weighted by Crippen LogP contribution is 2.59. The van der Waals surface area contributed by atoms with Crippen LogP contribution in [0.4, 0.5) is 11.4 Å². The molecule has 0 saturated carbocycles. The van der Waals surface area contributed by atoms with Crippen molar-refractivity contribution in [1.82, 2.24) is 4.57 Å². The van der Waals surface area contributed by atoms with Crippen molar-refractivity contribution in [3.63, 3.8) is 0 Å². The number of hydrogen-bond donors (Lipinski definition) is 0. The van der Waals surface area contributed by atoms with E-state index in [1.807, 2.05) is 0 Å². The normalized spacial score (nSPS) is 15.0. The molecule has 0 saturated heterocycles. The fraction of sp³-hybridized carbons (Fsp3) is 0.238. The first kappa shape index (κ1) is 40.1. The fourth-order valence-corrected chi connectivity index (χ4v) is 12.7. The molecule has 0 bridgehead atoms. The summed E-state index contributed by atoms with van der Waals surface area (Å²) in [6.07, 6.45) is 0. The van der Waals surface area contributed by atoms with Gasteiger partial charge in [0.15, 0.2) is 0 Å². The van der Waals surface area contributed by atoms with Gasteiger partial charge in [0.2, 0.25) is 0 Å². The van der Waals surface area contributed by atoms with Gasteiger partial charge in [-0.1, -0.05) is 149 Å². The van der Waals surface area contributed by atoms with Gasteiger partial charge in [-0.2, -0.15) is 0 Å². The number of anilines is 2. The molecule has 3 aliphatic rings. The first-order chi connectivity index (χ1) is 32.4. The molecule has 1 aliphatic carbocycles. The van der Waals surface area contributed by atoms with Crippen molar-refractivity contribution < 1.29 is 8.83 Å². The molecule has 2 aliphatic heterocycles. The van der Waals surface area contributed by atoms with Gasteiger partial charge in [0.1, 0.15) is 22.3 Å². The van der Waals surface area contributed by atoms with Gasteiger partial charge in [0, 0.05) is 66.4 Å². The Labute approximate surface area is 398 Å². The van der Waals surface area contributed by atoms with Crippen LogP contribution in [0.5, 0.6) is 0 Å². The molecular weight excluding hydrogens is 828 g/mol. The maximum atomic E-state index is 7.02. The Morgan fingerprint density at radius 3 is 1.87 bits per heavy atom. The Hall–Kier alpha value is -6.98. The standard InChI is InChI=1S/C63H55BN2O2/c1-60(2,3)34-20-24-37(25-21-34)66-48-33-53-41(39-26-22-36(62(7,8)9)29-51(39)68-53)30-44(48)56-57-54(40-17-12-14-18-45(40)63(57,10)11)55-43-28-35(61(4,5)6)23-27-47(43)65-49-31-42-38-16-13-15-19-50(38)67-52(42)32-46(49)64(66)58(56)59(55)65/h12-33H,1-11H3. The third kappa shape index (κ3) is 5.12. The maximum absolute atomic E-state index is 7.02. The number of benzene rings is 8. The molecule has 5 heteroatoms. The Bertz CT molecular complexity index is 4060. The number of rotatable bonds is 1. The first-order valence-electron chi connectivity index (χ1n) is 24.5. The summed E-state index contributed by atoms with van der Waals surface area (Å²) in [5, 5.41) is 7.21. The van der Waals surface area contributed by atoms with Gasteiger partial charge in [-0.3, -0.25) is 0 Å². The van der Waals surface area contributed by atoms with E-state index in [0.29, 0.717) is 0 Å². The third-order valence-electron chi connectivity index (χ3n) is 16.2. The van der Waals surface area contributed by atoms with Crippen LogP contribution in [0.2, 0.25) is 0 Å².